The van der Waals surface area contributed by atoms with Crippen LogP contribution in [0.5, 0.6) is 5.75 Å². The molecule has 1 aliphatic heterocycles. The molecule has 19 heavy (non-hydrogen) atoms. The zero-order chi connectivity index (χ0) is 13.5. The van der Waals surface area contributed by atoms with E-state index in [1.54, 1.807) is 0 Å². The van der Waals surface area contributed by atoms with Gasteiger partial charge in [0.1, 0.15) is 5.75 Å². The molecule has 1 unspecified atom stereocenters. The van der Waals surface area contributed by atoms with E-state index in [1.165, 1.54) is 0 Å². The lowest BCUT2D eigenvalue weighted by Gasteiger charge is -2.22. The number of rotatable bonds is 6. The average molecular weight is 265 g/mol. The third kappa shape index (κ3) is 4.49. The van der Waals surface area contributed by atoms with Gasteiger partial charge >= 0.3 is 0 Å². The second kappa shape index (κ2) is 7.48. The maximum atomic E-state index is 9.91. The van der Waals surface area contributed by atoms with Crippen molar-refractivity contribution in [3.63, 3.8) is 0 Å². The first-order valence-electron chi connectivity index (χ1n) is 6.98. The molecular weight excluding hydrogens is 242 g/mol. The summed E-state index contributed by atoms with van der Waals surface area (Å²) < 4.78 is 11.2. The van der Waals surface area contributed by atoms with Crippen LogP contribution in [0.2, 0.25) is 0 Å². The summed E-state index contributed by atoms with van der Waals surface area (Å²) in [4.78, 5) is 0. The van der Waals surface area contributed by atoms with Crippen LogP contribution < -0.4 is 10.5 Å². The van der Waals surface area contributed by atoms with Gasteiger partial charge in [0.2, 0.25) is 0 Å². The molecule has 0 aliphatic carbocycles. The summed E-state index contributed by atoms with van der Waals surface area (Å²) in [5.74, 6) is 1.28. The van der Waals surface area contributed by atoms with Gasteiger partial charge in [0.05, 0.1) is 19.3 Å². The maximum Gasteiger partial charge on any atom is 0.119 e. The van der Waals surface area contributed by atoms with E-state index >= 15 is 0 Å². The molecule has 3 N–H and O–H groups in total. The van der Waals surface area contributed by atoms with Gasteiger partial charge in [-0.1, -0.05) is 12.1 Å². The van der Waals surface area contributed by atoms with Gasteiger partial charge in [0, 0.05) is 12.5 Å². The van der Waals surface area contributed by atoms with Crippen LogP contribution in [0.4, 0.5) is 0 Å². The highest BCUT2D eigenvalue weighted by atomic mass is 16.5. The van der Waals surface area contributed by atoms with Crippen LogP contribution in [-0.4, -0.2) is 31.5 Å². The van der Waals surface area contributed by atoms with E-state index in [1.807, 2.05) is 24.3 Å². The number of aliphatic hydroxyl groups is 1. The first kappa shape index (κ1) is 14.3. The third-order valence-electron chi connectivity index (χ3n) is 3.42. The second-order valence-corrected chi connectivity index (χ2v) is 5.06. The van der Waals surface area contributed by atoms with Crippen molar-refractivity contribution in [3.05, 3.63) is 29.8 Å². The third-order valence-corrected chi connectivity index (χ3v) is 3.42. The van der Waals surface area contributed by atoms with E-state index in [0.29, 0.717) is 25.5 Å². The Morgan fingerprint density at radius 3 is 3.11 bits per heavy atom. The molecule has 1 heterocycles. The molecule has 0 radical (unpaired) electrons. The number of nitrogens with two attached hydrogens (primary N) is 1. The first-order valence-corrected chi connectivity index (χ1v) is 6.98. The smallest absolute Gasteiger partial charge is 0.119 e. The van der Waals surface area contributed by atoms with E-state index in [0.717, 1.165) is 37.4 Å². The monoisotopic (exact) mass is 265 g/mol. The van der Waals surface area contributed by atoms with Crippen molar-refractivity contribution in [3.8, 4) is 5.75 Å². The molecule has 4 nitrogen and oxygen atoms in total. The van der Waals surface area contributed by atoms with E-state index in [-0.39, 0.29) is 0 Å². The molecule has 1 fully saturated rings. The molecule has 0 aromatic heterocycles. The average Bonchev–Trinajstić information content (AvgIpc) is 2.47. The molecule has 1 aliphatic rings. The summed E-state index contributed by atoms with van der Waals surface area (Å²) in [5.41, 5.74) is 6.32. The molecule has 2 rings (SSSR count). The fraction of sp³-hybridized carbons (Fsp3) is 0.600. The van der Waals surface area contributed by atoms with Crippen LogP contribution in [0.3, 0.4) is 0 Å². The molecule has 0 bridgehead atoms. The Balaban J connectivity index is 1.87. The van der Waals surface area contributed by atoms with Crippen molar-refractivity contribution in [2.24, 2.45) is 11.7 Å². The van der Waals surface area contributed by atoms with Crippen molar-refractivity contribution < 1.29 is 14.6 Å². The second-order valence-electron chi connectivity index (χ2n) is 5.06. The van der Waals surface area contributed by atoms with Gasteiger partial charge in [-0.15, -0.1) is 0 Å². The predicted molar refractivity (Wildman–Crippen MR) is 74.1 cm³/mol. The van der Waals surface area contributed by atoms with Crippen molar-refractivity contribution in [1.29, 1.82) is 0 Å². The molecule has 4 heteroatoms. The normalized spacial score (nSPS) is 21.1. The van der Waals surface area contributed by atoms with E-state index in [2.05, 4.69) is 0 Å². The van der Waals surface area contributed by atoms with Crippen molar-refractivity contribution in [2.45, 2.75) is 25.4 Å². The highest BCUT2D eigenvalue weighted by molar-refractivity contribution is 5.29. The van der Waals surface area contributed by atoms with Gasteiger partial charge < -0.3 is 20.3 Å². The highest BCUT2D eigenvalue weighted by Crippen LogP contribution is 2.22. The van der Waals surface area contributed by atoms with E-state index in [4.69, 9.17) is 15.2 Å². The van der Waals surface area contributed by atoms with Crippen LogP contribution in [0.1, 0.15) is 30.9 Å². The number of hydrogen-bond acceptors (Lipinski definition) is 4. The largest absolute Gasteiger partial charge is 0.493 e. The standard InChI is InChI=1S/C15H23NO3/c16-7-6-15(17)13-4-1-5-14(9-13)19-11-12-3-2-8-18-10-12/h1,4-5,9,12,15,17H,2-3,6-8,10-11,16H2/t12?,15-/m1/s1. The lowest BCUT2D eigenvalue weighted by molar-refractivity contribution is 0.0351. The van der Waals surface area contributed by atoms with E-state index < -0.39 is 6.10 Å². The van der Waals surface area contributed by atoms with Crippen molar-refractivity contribution in [1.82, 2.24) is 0 Å². The Labute approximate surface area is 114 Å². The number of ether oxygens (including phenoxy) is 2. The predicted octanol–water partition coefficient (Wildman–Crippen LogP) is 1.87. The Bertz CT molecular complexity index is 377. The van der Waals surface area contributed by atoms with Crippen LogP contribution in [0.15, 0.2) is 24.3 Å². The van der Waals surface area contributed by atoms with Gasteiger partial charge in [-0.25, -0.2) is 0 Å². The van der Waals surface area contributed by atoms with Gasteiger partial charge in [0.15, 0.2) is 0 Å². The Hall–Kier alpha value is -1.10. The van der Waals surface area contributed by atoms with Crippen molar-refractivity contribution in [2.75, 3.05) is 26.4 Å². The minimum Gasteiger partial charge on any atom is -0.493 e. The lowest BCUT2D eigenvalue weighted by atomic mass is 10.0. The minimum atomic E-state index is -0.508. The van der Waals surface area contributed by atoms with Gasteiger partial charge in [0.25, 0.3) is 0 Å². The van der Waals surface area contributed by atoms with Gasteiger partial charge in [-0.05, 0) is 43.5 Å². The maximum absolute atomic E-state index is 9.91. The molecule has 106 valence electrons. The fourth-order valence-electron chi connectivity index (χ4n) is 2.29. The number of benzene rings is 1. The number of aliphatic hydroxyl groups excluding tert-OH is 1. The molecular formula is C15H23NO3. The minimum absolute atomic E-state index is 0.478. The SMILES string of the molecule is NCC[C@@H](O)c1cccc(OCC2CCCOC2)c1. The Morgan fingerprint density at radius 2 is 2.37 bits per heavy atom. The summed E-state index contributed by atoms with van der Waals surface area (Å²) in [6.45, 7) is 2.81. The first-order chi connectivity index (χ1) is 9.29. The molecule has 1 saturated heterocycles. The quantitative estimate of drug-likeness (QED) is 0.824. The Morgan fingerprint density at radius 1 is 1.47 bits per heavy atom. The highest BCUT2D eigenvalue weighted by Gasteiger charge is 2.15. The topological polar surface area (TPSA) is 64.7 Å². The molecule has 1 aromatic rings. The lowest BCUT2D eigenvalue weighted by Crippen LogP contribution is -2.23. The van der Waals surface area contributed by atoms with Crippen LogP contribution in [-0.2, 0) is 4.74 Å². The van der Waals surface area contributed by atoms with Crippen LogP contribution in [0, 0.1) is 5.92 Å². The van der Waals surface area contributed by atoms with Gasteiger partial charge in [-0.3, -0.25) is 0 Å². The zero-order valence-electron chi connectivity index (χ0n) is 11.3. The molecule has 0 spiro atoms. The fourth-order valence-corrected chi connectivity index (χ4v) is 2.29. The summed E-state index contributed by atoms with van der Waals surface area (Å²) >= 11 is 0. The Kier molecular flexibility index (Phi) is 5.63. The zero-order valence-corrected chi connectivity index (χ0v) is 11.3. The summed E-state index contributed by atoms with van der Waals surface area (Å²) in [5, 5.41) is 9.91. The number of hydrogen-bond donors (Lipinski definition) is 2. The molecule has 2 atom stereocenters. The van der Waals surface area contributed by atoms with Gasteiger partial charge in [-0.2, -0.15) is 0 Å². The molecule has 1 aromatic carbocycles. The summed E-state index contributed by atoms with van der Waals surface area (Å²) in [7, 11) is 0. The summed E-state index contributed by atoms with van der Waals surface area (Å²) in [6, 6.07) is 7.62. The molecule has 0 saturated carbocycles. The van der Waals surface area contributed by atoms with Crippen LogP contribution >= 0.6 is 0 Å². The molecule has 0 amide bonds. The van der Waals surface area contributed by atoms with Crippen molar-refractivity contribution >= 4 is 0 Å². The van der Waals surface area contributed by atoms with Crippen LogP contribution in [0.25, 0.3) is 0 Å². The van der Waals surface area contributed by atoms with E-state index in [9.17, 15) is 5.11 Å². The summed E-state index contributed by atoms with van der Waals surface area (Å²) in [6.07, 6.45) is 2.34.